The summed E-state index contributed by atoms with van der Waals surface area (Å²) in [4.78, 5) is 2.78. The Balaban J connectivity index is 1.87. The standard InChI is InChI=1S/C19H15F3NO5S3/c20-19(21,22)30(24,25)23-31(26,27)28-15-11-13-18(14-12-15)29(16-7-3-1-4-8-16)17-9-5-2-6-10-17/h1-14,23H/q+1. The largest absolute Gasteiger partial charge is 0.512 e. The first-order chi connectivity index (χ1) is 14.5. The highest BCUT2D eigenvalue weighted by Crippen LogP contribution is 2.32. The van der Waals surface area contributed by atoms with Gasteiger partial charge in [-0.15, -0.1) is 0 Å². The third kappa shape index (κ3) is 5.79. The maximum absolute atomic E-state index is 12.4. The Bertz CT molecular complexity index is 1190. The molecule has 0 unspecified atom stereocenters. The Morgan fingerprint density at radius 1 is 0.677 bits per heavy atom. The van der Waals surface area contributed by atoms with Crippen LogP contribution in [0.15, 0.2) is 99.6 Å². The lowest BCUT2D eigenvalue weighted by molar-refractivity contribution is -0.0442. The van der Waals surface area contributed by atoms with Crippen LogP contribution in [-0.4, -0.2) is 22.3 Å². The summed E-state index contributed by atoms with van der Waals surface area (Å²) in [5.41, 5.74) is -5.80. The normalized spacial score (nSPS) is 12.6. The van der Waals surface area contributed by atoms with E-state index in [1.165, 1.54) is 12.1 Å². The lowest BCUT2D eigenvalue weighted by Crippen LogP contribution is -2.42. The molecule has 0 amide bonds. The van der Waals surface area contributed by atoms with Gasteiger partial charge in [-0.05, 0) is 48.5 Å². The molecule has 31 heavy (non-hydrogen) atoms. The molecule has 0 atom stereocenters. The molecular formula is C19H15F3NO5S3+. The second-order valence-electron chi connectivity index (χ2n) is 5.97. The lowest BCUT2D eigenvalue weighted by atomic mass is 10.3. The van der Waals surface area contributed by atoms with E-state index in [1.807, 2.05) is 60.7 Å². The van der Waals surface area contributed by atoms with Crippen molar-refractivity contribution in [2.45, 2.75) is 20.2 Å². The number of halogens is 3. The van der Waals surface area contributed by atoms with Crippen molar-refractivity contribution in [3.8, 4) is 5.75 Å². The van der Waals surface area contributed by atoms with Gasteiger partial charge in [0.15, 0.2) is 14.7 Å². The molecule has 0 spiro atoms. The first kappa shape index (κ1) is 23.1. The van der Waals surface area contributed by atoms with Crippen LogP contribution in [0.25, 0.3) is 0 Å². The Hall–Kier alpha value is -2.54. The first-order valence-corrected chi connectivity index (χ1v) is 12.6. The number of hydrogen-bond acceptors (Lipinski definition) is 5. The SMILES string of the molecule is O=S(=O)(NS(=O)(=O)C(F)(F)F)Oc1ccc([S+](c2ccccc2)c2ccccc2)cc1. The van der Waals surface area contributed by atoms with Gasteiger partial charge in [-0.3, -0.25) is 0 Å². The van der Waals surface area contributed by atoms with E-state index >= 15 is 0 Å². The number of hydrogen-bond donors (Lipinski definition) is 1. The van der Waals surface area contributed by atoms with Crippen molar-refractivity contribution in [1.82, 2.24) is 4.13 Å². The highest BCUT2D eigenvalue weighted by Gasteiger charge is 2.48. The van der Waals surface area contributed by atoms with Gasteiger partial charge in [0.1, 0.15) is 5.75 Å². The summed E-state index contributed by atoms with van der Waals surface area (Å²) in [5, 5.41) is 0. The van der Waals surface area contributed by atoms with Gasteiger partial charge in [0.2, 0.25) is 0 Å². The zero-order valence-electron chi connectivity index (χ0n) is 15.5. The van der Waals surface area contributed by atoms with Gasteiger partial charge < -0.3 is 4.18 Å². The van der Waals surface area contributed by atoms with Gasteiger partial charge in [-0.25, -0.2) is 8.42 Å². The first-order valence-electron chi connectivity index (χ1n) is 8.47. The molecule has 0 aliphatic heterocycles. The Labute approximate surface area is 180 Å². The quantitative estimate of drug-likeness (QED) is 0.509. The van der Waals surface area contributed by atoms with E-state index in [0.29, 0.717) is 4.13 Å². The zero-order valence-corrected chi connectivity index (χ0v) is 17.9. The fourth-order valence-electron chi connectivity index (χ4n) is 2.48. The molecule has 3 aromatic carbocycles. The second kappa shape index (κ2) is 8.91. The van der Waals surface area contributed by atoms with Crippen molar-refractivity contribution in [2.75, 3.05) is 0 Å². The van der Waals surface area contributed by atoms with E-state index in [1.54, 1.807) is 12.1 Å². The Morgan fingerprint density at radius 3 is 1.52 bits per heavy atom. The van der Waals surface area contributed by atoms with Crippen molar-refractivity contribution < 1.29 is 34.2 Å². The van der Waals surface area contributed by atoms with Crippen molar-refractivity contribution in [1.29, 1.82) is 0 Å². The van der Waals surface area contributed by atoms with Gasteiger partial charge in [-0.2, -0.15) is 21.6 Å². The van der Waals surface area contributed by atoms with Gasteiger partial charge in [0.25, 0.3) is 0 Å². The van der Waals surface area contributed by atoms with Gasteiger partial charge in [0.05, 0.1) is 10.9 Å². The van der Waals surface area contributed by atoms with E-state index in [0.717, 1.165) is 14.7 Å². The zero-order chi connectivity index (χ0) is 22.7. The van der Waals surface area contributed by atoms with Gasteiger partial charge in [-0.1, -0.05) is 40.5 Å². The van der Waals surface area contributed by atoms with Gasteiger partial charge in [0, 0.05) is 0 Å². The summed E-state index contributed by atoms with van der Waals surface area (Å²) in [6.07, 6.45) is 0. The van der Waals surface area contributed by atoms with Crippen LogP contribution in [-0.2, 0) is 31.2 Å². The smallest absolute Gasteiger partial charge is 0.370 e. The monoisotopic (exact) mass is 490 g/mol. The van der Waals surface area contributed by atoms with Gasteiger partial charge >= 0.3 is 25.8 Å². The number of rotatable bonds is 7. The minimum absolute atomic E-state index is 0.349. The molecule has 0 radical (unpaired) electrons. The maximum atomic E-state index is 12.4. The number of sulfonamides is 1. The molecule has 6 nitrogen and oxygen atoms in total. The molecule has 0 aromatic heterocycles. The van der Waals surface area contributed by atoms with Crippen molar-refractivity contribution in [3.63, 3.8) is 0 Å². The van der Waals surface area contributed by atoms with Crippen molar-refractivity contribution in [3.05, 3.63) is 84.9 Å². The average Bonchev–Trinajstić information content (AvgIpc) is 2.69. The topological polar surface area (TPSA) is 89.5 Å². The van der Waals surface area contributed by atoms with E-state index in [2.05, 4.69) is 4.18 Å². The number of alkyl halides is 3. The molecular weight excluding hydrogens is 475 g/mol. The van der Waals surface area contributed by atoms with Crippen LogP contribution in [0, 0.1) is 0 Å². The third-order valence-electron chi connectivity index (χ3n) is 3.74. The van der Waals surface area contributed by atoms with Crippen LogP contribution in [0.1, 0.15) is 0 Å². The summed E-state index contributed by atoms with van der Waals surface area (Å²) in [7, 11) is -11.9. The van der Waals surface area contributed by atoms with Crippen LogP contribution >= 0.6 is 0 Å². The summed E-state index contributed by atoms with van der Waals surface area (Å²) < 4.78 is 87.6. The van der Waals surface area contributed by atoms with Crippen LogP contribution < -0.4 is 8.31 Å². The fourth-order valence-corrected chi connectivity index (χ4v) is 6.51. The highest BCUT2D eigenvalue weighted by molar-refractivity contribution is 8.03. The van der Waals surface area contributed by atoms with E-state index < -0.39 is 36.7 Å². The lowest BCUT2D eigenvalue weighted by Gasteiger charge is -2.11. The second-order valence-corrected chi connectivity index (χ2v) is 11.2. The van der Waals surface area contributed by atoms with E-state index in [9.17, 15) is 30.0 Å². The fraction of sp³-hybridized carbons (Fsp3) is 0.0526. The minimum atomic E-state index is -6.13. The molecule has 0 aliphatic carbocycles. The maximum Gasteiger partial charge on any atom is 0.512 e. The summed E-state index contributed by atoms with van der Waals surface area (Å²) in [6, 6.07) is 24.6. The van der Waals surface area contributed by atoms with Crippen LogP contribution in [0.3, 0.4) is 0 Å². The van der Waals surface area contributed by atoms with E-state index in [4.69, 9.17) is 0 Å². The third-order valence-corrected chi connectivity index (χ3v) is 8.69. The number of benzene rings is 3. The number of nitrogens with one attached hydrogen (secondary N) is 1. The van der Waals surface area contributed by atoms with Crippen molar-refractivity contribution in [2.24, 2.45) is 0 Å². The molecule has 1 N–H and O–H groups in total. The molecule has 164 valence electrons. The highest BCUT2D eigenvalue weighted by atomic mass is 32.3. The van der Waals surface area contributed by atoms with Crippen LogP contribution in [0.4, 0.5) is 13.2 Å². The molecule has 0 saturated heterocycles. The summed E-state index contributed by atoms with van der Waals surface area (Å²) >= 11 is 0. The molecule has 0 heterocycles. The Morgan fingerprint density at radius 2 is 1.10 bits per heavy atom. The van der Waals surface area contributed by atoms with Crippen molar-refractivity contribution >= 4 is 31.2 Å². The molecule has 0 aliphatic rings. The van der Waals surface area contributed by atoms with E-state index in [-0.39, 0.29) is 5.75 Å². The molecule has 0 saturated carbocycles. The van der Waals surface area contributed by atoms with Crippen LogP contribution in [0.5, 0.6) is 5.75 Å². The van der Waals surface area contributed by atoms with Crippen LogP contribution in [0.2, 0.25) is 0 Å². The summed E-state index contributed by atoms with van der Waals surface area (Å²) in [6.45, 7) is 0. The summed E-state index contributed by atoms with van der Waals surface area (Å²) in [5.74, 6) is -0.349. The molecule has 3 rings (SSSR count). The molecule has 0 bridgehead atoms. The predicted octanol–water partition coefficient (Wildman–Crippen LogP) is 3.84. The molecule has 0 fully saturated rings. The molecule has 12 heteroatoms. The average molecular weight is 491 g/mol. The predicted molar refractivity (Wildman–Crippen MR) is 109 cm³/mol. The minimum Gasteiger partial charge on any atom is -0.370 e. The molecule has 3 aromatic rings. The Kier molecular flexibility index (Phi) is 6.65.